The number of carbonyl (C=O) groups excluding carboxylic acids is 5. The van der Waals surface area contributed by atoms with Crippen molar-refractivity contribution >= 4 is 29.8 Å². The number of unbranched alkanes of at least 4 members (excludes halogenated alkanes) is 1. The van der Waals surface area contributed by atoms with Crippen molar-refractivity contribution in [3.05, 3.63) is 59.9 Å². The maximum Gasteiger partial charge on any atom is 0.339 e. The van der Waals surface area contributed by atoms with Crippen LogP contribution in [0.25, 0.3) is 0 Å². The zero-order chi connectivity index (χ0) is 46.5. The van der Waals surface area contributed by atoms with E-state index in [4.69, 9.17) is 37.9 Å². The summed E-state index contributed by atoms with van der Waals surface area (Å²) in [5.41, 5.74) is -2.08. The lowest BCUT2D eigenvalue weighted by molar-refractivity contribution is -0.348. The van der Waals surface area contributed by atoms with E-state index in [2.05, 4.69) is 0 Å². The highest BCUT2D eigenvalue weighted by atomic mass is 16.8. The average Bonchev–Trinajstić information content (AvgIpc) is 3.18. The highest BCUT2D eigenvalue weighted by molar-refractivity contribution is 5.83. The van der Waals surface area contributed by atoms with Gasteiger partial charge >= 0.3 is 29.8 Å². The predicted octanol–water partition coefficient (Wildman–Crippen LogP) is 3.85. The van der Waals surface area contributed by atoms with Gasteiger partial charge in [0.15, 0.2) is 18.0 Å². The Morgan fingerprint density at radius 3 is 2.37 bits per heavy atom. The standard InChI is InChI=1S/C46H64O17/c1-9-10-11-12-13-14-37(50)60-41-34-22-32-23-35(26(2)47)59-39(52)21-29(49)20-31-24-36(57-27(3)48)44(6,7)45(55,61-31)25-33-18-28(19-38(51)56-8)17-30(58-33)15-16-43(4,5)46(41,62-32)63-42(54)40(34)53/h11-16,19,22,26,29-31,33-36,40-41,47,49,53,55H,9-10,17-18,20-21,23-25H2,1-8H3. The maximum atomic E-state index is 13.5. The number of hydrogen-bond acceptors (Lipinski definition) is 17. The van der Waals surface area contributed by atoms with Gasteiger partial charge in [0.25, 0.3) is 5.79 Å². The number of ether oxygens (including phenoxy) is 8. The molecule has 4 N–H and O–H groups in total. The van der Waals surface area contributed by atoms with Crippen molar-refractivity contribution in [3.63, 3.8) is 0 Å². The van der Waals surface area contributed by atoms with E-state index in [0.29, 0.717) is 5.57 Å². The second kappa shape index (κ2) is 20.2. The van der Waals surface area contributed by atoms with Gasteiger partial charge in [0.1, 0.15) is 18.0 Å². The fourth-order valence-corrected chi connectivity index (χ4v) is 8.82. The predicted molar refractivity (Wildman–Crippen MR) is 221 cm³/mol. The molecule has 17 heteroatoms. The number of aliphatic hydroxyl groups is 4. The fourth-order valence-electron chi connectivity index (χ4n) is 8.82. The number of fused-ring (bicyclic) bond motifs is 6. The third-order valence-corrected chi connectivity index (χ3v) is 12.5. The summed E-state index contributed by atoms with van der Waals surface area (Å²) in [6, 6.07) is 0. The van der Waals surface area contributed by atoms with E-state index >= 15 is 0 Å². The molecule has 12 unspecified atom stereocenters. The largest absolute Gasteiger partial charge is 0.466 e. The van der Waals surface area contributed by atoms with Gasteiger partial charge in [-0.25, -0.2) is 14.4 Å². The third-order valence-electron chi connectivity index (χ3n) is 12.5. The molecular formula is C46H64O17. The maximum absolute atomic E-state index is 13.5. The Hall–Kier alpha value is -4.39. The molecule has 3 fully saturated rings. The Bertz CT molecular complexity index is 1860. The van der Waals surface area contributed by atoms with E-state index < -0.39 is 120 Å². The van der Waals surface area contributed by atoms with Crippen LogP contribution >= 0.6 is 0 Å². The zero-order valence-corrected chi connectivity index (χ0v) is 37.4. The molecule has 0 aliphatic carbocycles. The number of carbonyl (C=O) groups is 5. The first-order valence-corrected chi connectivity index (χ1v) is 21.6. The molecule has 0 aromatic rings. The van der Waals surface area contributed by atoms with Gasteiger partial charge in [-0.2, -0.15) is 0 Å². The number of cyclic esters (lactones) is 1. The highest BCUT2D eigenvalue weighted by Crippen LogP contribution is 2.53. The van der Waals surface area contributed by atoms with E-state index in [9.17, 15) is 44.4 Å². The summed E-state index contributed by atoms with van der Waals surface area (Å²) >= 11 is 0. The summed E-state index contributed by atoms with van der Waals surface area (Å²) in [6.07, 6.45) is 2.49. The van der Waals surface area contributed by atoms with Crippen molar-refractivity contribution in [1.29, 1.82) is 0 Å². The third kappa shape index (κ3) is 11.5. The fraction of sp³-hybridized carbons (Fsp3) is 0.674. The summed E-state index contributed by atoms with van der Waals surface area (Å²) in [4.78, 5) is 65.2. The Morgan fingerprint density at radius 1 is 0.968 bits per heavy atom. The van der Waals surface area contributed by atoms with Crippen LogP contribution in [0.15, 0.2) is 59.9 Å². The minimum Gasteiger partial charge on any atom is -0.466 e. The normalized spacial score (nSPS) is 36.9. The van der Waals surface area contributed by atoms with Crippen LogP contribution in [0.3, 0.4) is 0 Å². The topological polar surface area (TPSA) is 240 Å². The lowest BCUT2D eigenvalue weighted by atomic mass is 9.70. The summed E-state index contributed by atoms with van der Waals surface area (Å²) in [5.74, 6) is -9.42. The minimum absolute atomic E-state index is 0.0401. The Morgan fingerprint density at radius 2 is 1.70 bits per heavy atom. The van der Waals surface area contributed by atoms with E-state index in [0.717, 1.165) is 12.8 Å². The number of allylic oxidation sites excluding steroid dienone is 3. The molecule has 5 heterocycles. The number of esters is 5. The van der Waals surface area contributed by atoms with Crippen molar-refractivity contribution in [3.8, 4) is 0 Å². The first-order valence-electron chi connectivity index (χ1n) is 21.6. The summed E-state index contributed by atoms with van der Waals surface area (Å²) in [7, 11) is 1.24. The number of rotatable bonds is 8. The smallest absolute Gasteiger partial charge is 0.339 e. The van der Waals surface area contributed by atoms with Crippen molar-refractivity contribution in [2.75, 3.05) is 7.11 Å². The number of hydrogen-bond donors (Lipinski definition) is 4. The molecule has 0 amide bonds. The van der Waals surface area contributed by atoms with Crippen LogP contribution in [-0.2, 0) is 61.9 Å². The molecule has 0 radical (unpaired) electrons. The van der Waals surface area contributed by atoms with Crippen LogP contribution in [0.1, 0.15) is 106 Å². The van der Waals surface area contributed by atoms with Crippen LogP contribution in [0.5, 0.6) is 0 Å². The average molecular weight is 889 g/mol. The molecule has 12 atom stereocenters. The first kappa shape index (κ1) is 49.6. The second-order valence-electron chi connectivity index (χ2n) is 18.2. The summed E-state index contributed by atoms with van der Waals surface area (Å²) < 4.78 is 47.9. The van der Waals surface area contributed by atoms with Crippen LogP contribution < -0.4 is 0 Å². The monoisotopic (exact) mass is 888 g/mol. The van der Waals surface area contributed by atoms with Gasteiger partial charge in [-0.15, -0.1) is 0 Å². The van der Waals surface area contributed by atoms with Crippen molar-refractivity contribution < 1.29 is 82.3 Å². The number of methoxy groups -OCH3 is 1. The molecule has 0 aromatic carbocycles. The van der Waals surface area contributed by atoms with E-state index in [1.165, 1.54) is 45.3 Å². The molecule has 1 spiro atoms. The SMILES string of the molecule is CCCC=CC=CC(=O)OC1C2C=C3CC(C(C)O)OC(=O)CC(O)CC4CC(OC(C)=O)C(C)(C)C(O)(CC5CC(=CC(=O)OC)CC(C=CC(C)(C)C1(OC(=O)C2O)O3)O5)O4. The molecule has 63 heavy (non-hydrogen) atoms. The Labute approximate surface area is 368 Å². The molecule has 7 bridgehead atoms. The van der Waals surface area contributed by atoms with E-state index in [-0.39, 0.29) is 44.3 Å². The second-order valence-corrected chi connectivity index (χ2v) is 18.2. The van der Waals surface area contributed by atoms with Gasteiger partial charge in [-0.1, -0.05) is 63.1 Å². The molecule has 0 saturated carbocycles. The Balaban J connectivity index is 1.63. The van der Waals surface area contributed by atoms with Gasteiger partial charge in [0, 0.05) is 44.8 Å². The van der Waals surface area contributed by atoms with E-state index in [1.807, 2.05) is 13.0 Å². The zero-order valence-electron chi connectivity index (χ0n) is 37.4. The molecule has 350 valence electrons. The van der Waals surface area contributed by atoms with Crippen LogP contribution in [0.4, 0.5) is 0 Å². The molecule has 5 aliphatic heterocycles. The molecule has 3 saturated heterocycles. The quantitative estimate of drug-likeness (QED) is 0.0890. The van der Waals surface area contributed by atoms with Crippen molar-refractivity contribution in [2.24, 2.45) is 16.7 Å². The van der Waals surface area contributed by atoms with Crippen molar-refractivity contribution in [2.45, 2.75) is 173 Å². The van der Waals surface area contributed by atoms with Crippen LogP contribution in [-0.4, -0.2) is 124 Å². The summed E-state index contributed by atoms with van der Waals surface area (Å²) in [6.45, 7) is 11.3. The van der Waals surface area contributed by atoms with Crippen LogP contribution in [0.2, 0.25) is 0 Å². The van der Waals surface area contributed by atoms with Crippen molar-refractivity contribution in [1.82, 2.24) is 0 Å². The van der Waals surface area contributed by atoms with Gasteiger partial charge in [-0.3, -0.25) is 9.59 Å². The molecule has 5 aliphatic rings. The lowest BCUT2D eigenvalue weighted by Crippen LogP contribution is -2.69. The Kier molecular flexibility index (Phi) is 15.9. The van der Waals surface area contributed by atoms with Gasteiger partial charge < -0.3 is 58.3 Å². The molecule has 5 rings (SSSR count). The van der Waals surface area contributed by atoms with E-state index in [1.54, 1.807) is 45.9 Å². The molecular weight excluding hydrogens is 824 g/mol. The van der Waals surface area contributed by atoms with Crippen LogP contribution in [0, 0.1) is 16.7 Å². The van der Waals surface area contributed by atoms with Gasteiger partial charge in [0.2, 0.25) is 0 Å². The first-order chi connectivity index (χ1) is 29.5. The lowest BCUT2D eigenvalue weighted by Gasteiger charge is -2.55. The highest BCUT2D eigenvalue weighted by Gasteiger charge is 2.67. The molecule has 0 aromatic heterocycles. The molecule has 17 nitrogen and oxygen atoms in total. The van der Waals surface area contributed by atoms with Gasteiger partial charge in [-0.05, 0) is 46.1 Å². The minimum atomic E-state index is -2.17. The number of aliphatic hydroxyl groups excluding tert-OH is 3. The van der Waals surface area contributed by atoms with Gasteiger partial charge in [0.05, 0.1) is 60.8 Å². The summed E-state index contributed by atoms with van der Waals surface area (Å²) in [5, 5.41) is 45.9.